The highest BCUT2D eigenvalue weighted by Crippen LogP contribution is 2.30. The maximum Gasteiger partial charge on any atom is 0.0721 e. The quantitative estimate of drug-likeness (QED) is 0.924. The maximum atomic E-state index is 6.11. The van der Waals surface area contributed by atoms with Gasteiger partial charge >= 0.3 is 0 Å². The van der Waals surface area contributed by atoms with Gasteiger partial charge in [-0.3, -0.25) is 4.68 Å². The van der Waals surface area contributed by atoms with E-state index in [-0.39, 0.29) is 0 Å². The van der Waals surface area contributed by atoms with E-state index < -0.39 is 0 Å². The predicted octanol–water partition coefficient (Wildman–Crippen LogP) is 3.96. The molecule has 0 aliphatic carbocycles. The number of hydrogen-bond donors (Lipinski definition) is 1. The minimum atomic E-state index is 0.627. The van der Waals surface area contributed by atoms with Gasteiger partial charge in [-0.15, -0.1) is 0 Å². The Hall–Kier alpha value is -1.19. The van der Waals surface area contributed by atoms with Gasteiger partial charge in [0.25, 0.3) is 0 Å². The van der Waals surface area contributed by atoms with Gasteiger partial charge in [0, 0.05) is 24.8 Å². The standard InChI is InChI=1S/C13H15Cl2N3/c1-8-10(9(2)18(3)17-8)7-16-13-11(14)5-4-6-12(13)15/h4-6,16H,7H2,1-3H3. The molecule has 2 rings (SSSR count). The first-order valence-electron chi connectivity index (χ1n) is 5.67. The van der Waals surface area contributed by atoms with Crippen molar-refractivity contribution in [3.63, 3.8) is 0 Å². The van der Waals surface area contributed by atoms with Gasteiger partial charge in [0.2, 0.25) is 0 Å². The Labute approximate surface area is 117 Å². The van der Waals surface area contributed by atoms with E-state index in [0.717, 1.165) is 17.1 Å². The Balaban J connectivity index is 2.22. The predicted molar refractivity (Wildman–Crippen MR) is 76.5 cm³/mol. The molecule has 0 atom stereocenters. The minimum absolute atomic E-state index is 0.627. The van der Waals surface area contributed by atoms with Gasteiger partial charge in [-0.2, -0.15) is 5.10 Å². The summed E-state index contributed by atoms with van der Waals surface area (Å²) < 4.78 is 1.88. The molecule has 0 bridgehead atoms. The molecule has 5 heteroatoms. The number of para-hydroxylation sites is 1. The fraction of sp³-hybridized carbons (Fsp3) is 0.308. The van der Waals surface area contributed by atoms with Crippen molar-refractivity contribution in [1.29, 1.82) is 0 Å². The van der Waals surface area contributed by atoms with Crippen molar-refractivity contribution in [2.24, 2.45) is 7.05 Å². The summed E-state index contributed by atoms with van der Waals surface area (Å²) >= 11 is 12.2. The van der Waals surface area contributed by atoms with E-state index in [1.807, 2.05) is 43.8 Å². The van der Waals surface area contributed by atoms with Crippen LogP contribution in [0.3, 0.4) is 0 Å². The molecule has 0 fully saturated rings. The number of nitrogens with one attached hydrogen (secondary N) is 1. The van der Waals surface area contributed by atoms with Crippen molar-refractivity contribution in [2.75, 3.05) is 5.32 Å². The third-order valence-electron chi connectivity index (χ3n) is 3.06. The lowest BCUT2D eigenvalue weighted by Gasteiger charge is -2.10. The number of rotatable bonds is 3. The van der Waals surface area contributed by atoms with E-state index in [1.165, 1.54) is 5.56 Å². The van der Waals surface area contributed by atoms with Crippen molar-refractivity contribution in [3.05, 3.63) is 45.2 Å². The zero-order chi connectivity index (χ0) is 13.3. The van der Waals surface area contributed by atoms with Crippen molar-refractivity contribution >= 4 is 28.9 Å². The lowest BCUT2D eigenvalue weighted by molar-refractivity contribution is 0.730. The molecule has 96 valence electrons. The number of nitrogens with zero attached hydrogens (tertiary/aromatic N) is 2. The first-order valence-corrected chi connectivity index (χ1v) is 6.43. The van der Waals surface area contributed by atoms with E-state index in [0.29, 0.717) is 16.6 Å². The van der Waals surface area contributed by atoms with Crippen molar-refractivity contribution in [1.82, 2.24) is 9.78 Å². The molecule has 0 amide bonds. The molecule has 0 unspecified atom stereocenters. The smallest absolute Gasteiger partial charge is 0.0721 e. The summed E-state index contributed by atoms with van der Waals surface area (Å²) in [7, 11) is 1.94. The molecule has 1 aromatic carbocycles. The van der Waals surface area contributed by atoms with E-state index in [9.17, 15) is 0 Å². The van der Waals surface area contributed by atoms with E-state index in [4.69, 9.17) is 23.2 Å². The second-order valence-electron chi connectivity index (χ2n) is 4.22. The largest absolute Gasteiger partial charge is 0.378 e. The molecular formula is C13H15Cl2N3. The number of benzene rings is 1. The zero-order valence-corrected chi connectivity index (χ0v) is 12.1. The molecule has 18 heavy (non-hydrogen) atoms. The molecule has 0 aliphatic rings. The van der Waals surface area contributed by atoms with Crippen molar-refractivity contribution in [2.45, 2.75) is 20.4 Å². The lowest BCUT2D eigenvalue weighted by Crippen LogP contribution is -2.03. The van der Waals surface area contributed by atoms with Gasteiger partial charge in [-0.1, -0.05) is 29.3 Å². The summed E-state index contributed by atoms with van der Waals surface area (Å²) in [4.78, 5) is 0. The highest BCUT2D eigenvalue weighted by Gasteiger charge is 2.11. The number of aromatic nitrogens is 2. The highest BCUT2D eigenvalue weighted by molar-refractivity contribution is 6.39. The first kappa shape index (κ1) is 13.2. The van der Waals surface area contributed by atoms with Crippen LogP contribution in [-0.2, 0) is 13.6 Å². The molecule has 0 saturated heterocycles. The van der Waals surface area contributed by atoms with Crippen molar-refractivity contribution < 1.29 is 0 Å². The second-order valence-corrected chi connectivity index (χ2v) is 5.04. The van der Waals surface area contributed by atoms with E-state index >= 15 is 0 Å². The summed E-state index contributed by atoms with van der Waals surface area (Å²) in [6.07, 6.45) is 0. The van der Waals surface area contributed by atoms with Crippen LogP contribution >= 0.6 is 23.2 Å². The molecular weight excluding hydrogens is 269 g/mol. The molecule has 1 N–H and O–H groups in total. The molecule has 0 saturated carbocycles. The summed E-state index contributed by atoms with van der Waals surface area (Å²) in [5.41, 5.74) is 4.10. The molecule has 0 aliphatic heterocycles. The SMILES string of the molecule is Cc1nn(C)c(C)c1CNc1c(Cl)cccc1Cl. The van der Waals surface area contributed by atoms with E-state index in [1.54, 1.807) is 0 Å². The molecule has 3 nitrogen and oxygen atoms in total. The van der Waals surface area contributed by atoms with Crippen LogP contribution in [0.1, 0.15) is 17.0 Å². The fourth-order valence-electron chi connectivity index (χ4n) is 1.92. The second kappa shape index (κ2) is 5.21. The topological polar surface area (TPSA) is 29.9 Å². The average Bonchev–Trinajstić information content (AvgIpc) is 2.54. The lowest BCUT2D eigenvalue weighted by atomic mass is 10.2. The number of hydrogen-bond acceptors (Lipinski definition) is 2. The normalized spacial score (nSPS) is 10.7. The zero-order valence-electron chi connectivity index (χ0n) is 10.6. The Kier molecular flexibility index (Phi) is 3.83. The molecule has 0 radical (unpaired) electrons. The third-order valence-corrected chi connectivity index (χ3v) is 3.69. The molecule has 1 aromatic heterocycles. The monoisotopic (exact) mass is 283 g/mol. The molecule has 1 heterocycles. The van der Waals surface area contributed by atoms with Crippen molar-refractivity contribution in [3.8, 4) is 0 Å². The summed E-state index contributed by atoms with van der Waals surface area (Å²) in [5.74, 6) is 0. The van der Waals surface area contributed by atoms with E-state index in [2.05, 4.69) is 10.4 Å². The van der Waals surface area contributed by atoms with Crippen LogP contribution in [0.4, 0.5) is 5.69 Å². The number of aryl methyl sites for hydroxylation is 2. The third kappa shape index (κ3) is 2.47. The Morgan fingerprint density at radius 3 is 2.33 bits per heavy atom. The van der Waals surface area contributed by atoms with Gasteiger partial charge in [-0.25, -0.2) is 0 Å². The first-order chi connectivity index (χ1) is 8.50. The average molecular weight is 284 g/mol. The summed E-state index contributed by atoms with van der Waals surface area (Å²) in [6.45, 7) is 4.71. The Bertz CT molecular complexity index is 556. The van der Waals surface area contributed by atoms with Gasteiger partial charge in [0.05, 0.1) is 21.4 Å². The Morgan fingerprint density at radius 1 is 1.22 bits per heavy atom. The number of anilines is 1. The van der Waals surface area contributed by atoms with Gasteiger partial charge in [0.15, 0.2) is 0 Å². The van der Waals surface area contributed by atoms with Gasteiger partial charge in [-0.05, 0) is 26.0 Å². The molecule has 2 aromatic rings. The van der Waals surface area contributed by atoms with Crippen LogP contribution in [0.15, 0.2) is 18.2 Å². The summed E-state index contributed by atoms with van der Waals surface area (Å²) in [5, 5.41) is 8.91. The van der Waals surface area contributed by atoms with Crippen LogP contribution in [0.25, 0.3) is 0 Å². The molecule has 0 spiro atoms. The van der Waals surface area contributed by atoms with Crippen LogP contribution in [0, 0.1) is 13.8 Å². The summed E-state index contributed by atoms with van der Waals surface area (Å²) in [6, 6.07) is 5.47. The van der Waals surface area contributed by atoms with Gasteiger partial charge < -0.3 is 5.32 Å². The number of halogens is 2. The highest BCUT2D eigenvalue weighted by atomic mass is 35.5. The van der Waals surface area contributed by atoms with Crippen LogP contribution in [0.2, 0.25) is 10.0 Å². The fourth-order valence-corrected chi connectivity index (χ4v) is 2.45. The van der Waals surface area contributed by atoms with Crippen LogP contribution < -0.4 is 5.32 Å². The Morgan fingerprint density at radius 2 is 1.83 bits per heavy atom. The maximum absolute atomic E-state index is 6.11. The van der Waals surface area contributed by atoms with Crippen LogP contribution in [-0.4, -0.2) is 9.78 Å². The van der Waals surface area contributed by atoms with Crippen LogP contribution in [0.5, 0.6) is 0 Å². The van der Waals surface area contributed by atoms with Gasteiger partial charge in [0.1, 0.15) is 0 Å². The minimum Gasteiger partial charge on any atom is -0.378 e.